The van der Waals surface area contributed by atoms with Crippen molar-refractivity contribution in [1.29, 1.82) is 0 Å². The van der Waals surface area contributed by atoms with Gasteiger partial charge in [0.15, 0.2) is 0 Å². The Bertz CT molecular complexity index is 443. The van der Waals surface area contributed by atoms with Gasteiger partial charge in [-0.05, 0) is 18.5 Å². The van der Waals surface area contributed by atoms with Crippen LogP contribution in [0.15, 0.2) is 0 Å². The minimum atomic E-state index is -0.296. The number of halogens is 1. The number of nitrogen functional groups attached to an aromatic ring is 1. The molecule has 0 aromatic carbocycles. The van der Waals surface area contributed by atoms with Crippen molar-refractivity contribution in [2.24, 2.45) is 0 Å². The summed E-state index contributed by atoms with van der Waals surface area (Å²) in [6.45, 7) is 4.43. The molecule has 1 fully saturated rings. The molecule has 19 heavy (non-hydrogen) atoms. The molecule has 2 rings (SSSR count). The summed E-state index contributed by atoms with van der Waals surface area (Å²) in [5.41, 5.74) is 5.52. The summed E-state index contributed by atoms with van der Waals surface area (Å²) in [5.74, 6) is 0.517. The number of carbonyl (C=O) groups excluding carboxylic acids is 1. The molecular formula is C10H15ClN6O2. The monoisotopic (exact) mass is 286 g/mol. The topological polar surface area (TPSA) is 97.5 Å². The Labute approximate surface area is 115 Å². The Morgan fingerprint density at radius 3 is 2.58 bits per heavy atom. The van der Waals surface area contributed by atoms with Crippen LogP contribution in [-0.4, -0.2) is 58.7 Å². The van der Waals surface area contributed by atoms with Gasteiger partial charge in [-0.2, -0.15) is 15.0 Å². The Morgan fingerprint density at radius 2 is 2.00 bits per heavy atom. The Hall–Kier alpha value is -1.83. The summed E-state index contributed by atoms with van der Waals surface area (Å²) in [6.07, 6.45) is -0.296. The maximum Gasteiger partial charge on any atom is 0.409 e. The van der Waals surface area contributed by atoms with Crippen molar-refractivity contribution in [3.8, 4) is 0 Å². The van der Waals surface area contributed by atoms with E-state index in [0.29, 0.717) is 38.7 Å². The summed E-state index contributed by atoms with van der Waals surface area (Å²) in [5, 5.41) is 0.0651. The van der Waals surface area contributed by atoms with Gasteiger partial charge in [0, 0.05) is 26.2 Å². The molecule has 8 nitrogen and oxygen atoms in total. The minimum absolute atomic E-state index is 0.0651. The fourth-order valence-electron chi connectivity index (χ4n) is 1.80. The second-order valence-electron chi connectivity index (χ2n) is 3.94. The number of nitrogens with zero attached hydrogens (tertiary/aromatic N) is 5. The van der Waals surface area contributed by atoms with Gasteiger partial charge in [-0.1, -0.05) is 0 Å². The molecule has 0 bridgehead atoms. The van der Waals surface area contributed by atoms with Crippen LogP contribution in [0.2, 0.25) is 5.28 Å². The molecule has 0 unspecified atom stereocenters. The van der Waals surface area contributed by atoms with E-state index in [1.54, 1.807) is 11.8 Å². The van der Waals surface area contributed by atoms with Gasteiger partial charge < -0.3 is 20.3 Å². The highest BCUT2D eigenvalue weighted by molar-refractivity contribution is 6.28. The molecule has 1 aliphatic rings. The van der Waals surface area contributed by atoms with E-state index in [-0.39, 0.29) is 17.3 Å². The lowest BCUT2D eigenvalue weighted by Crippen LogP contribution is -2.49. The van der Waals surface area contributed by atoms with Crippen LogP contribution in [0, 0.1) is 0 Å². The number of carbonyl (C=O) groups is 1. The largest absolute Gasteiger partial charge is 0.450 e. The maximum absolute atomic E-state index is 11.6. The first-order valence-corrected chi connectivity index (χ1v) is 6.31. The quantitative estimate of drug-likeness (QED) is 0.839. The number of ether oxygens (including phenoxy) is 1. The van der Waals surface area contributed by atoms with E-state index in [2.05, 4.69) is 15.0 Å². The zero-order valence-electron chi connectivity index (χ0n) is 10.5. The number of anilines is 2. The number of piperazine rings is 1. The van der Waals surface area contributed by atoms with E-state index in [4.69, 9.17) is 22.1 Å². The summed E-state index contributed by atoms with van der Waals surface area (Å²) in [7, 11) is 0. The number of aromatic nitrogens is 3. The van der Waals surface area contributed by atoms with Crippen LogP contribution in [0.3, 0.4) is 0 Å². The van der Waals surface area contributed by atoms with Crippen molar-refractivity contribution in [2.45, 2.75) is 6.92 Å². The molecule has 1 aliphatic heterocycles. The molecule has 0 saturated carbocycles. The third kappa shape index (κ3) is 3.34. The van der Waals surface area contributed by atoms with E-state index in [1.165, 1.54) is 0 Å². The first-order valence-electron chi connectivity index (χ1n) is 5.94. The van der Waals surface area contributed by atoms with Crippen LogP contribution in [0.1, 0.15) is 6.92 Å². The van der Waals surface area contributed by atoms with E-state index >= 15 is 0 Å². The van der Waals surface area contributed by atoms with E-state index in [1.807, 2.05) is 4.90 Å². The average molecular weight is 287 g/mol. The van der Waals surface area contributed by atoms with Crippen molar-refractivity contribution in [2.75, 3.05) is 43.4 Å². The van der Waals surface area contributed by atoms with E-state index in [9.17, 15) is 4.79 Å². The average Bonchev–Trinajstić information content (AvgIpc) is 2.38. The number of rotatable bonds is 2. The molecule has 0 atom stereocenters. The Morgan fingerprint density at radius 1 is 1.32 bits per heavy atom. The van der Waals surface area contributed by atoms with Gasteiger partial charge in [-0.15, -0.1) is 0 Å². The second-order valence-corrected chi connectivity index (χ2v) is 4.27. The summed E-state index contributed by atoms with van der Waals surface area (Å²) in [6, 6.07) is 0. The highest BCUT2D eigenvalue weighted by Crippen LogP contribution is 2.14. The Balaban J connectivity index is 1.97. The van der Waals surface area contributed by atoms with Gasteiger partial charge in [0.25, 0.3) is 0 Å². The third-order valence-corrected chi connectivity index (χ3v) is 2.87. The van der Waals surface area contributed by atoms with Crippen LogP contribution in [0.4, 0.5) is 16.7 Å². The second kappa shape index (κ2) is 5.87. The highest BCUT2D eigenvalue weighted by Gasteiger charge is 2.23. The molecule has 0 radical (unpaired) electrons. The number of amides is 1. The maximum atomic E-state index is 11.6. The SMILES string of the molecule is CCOC(=O)N1CCN(c2nc(N)nc(Cl)n2)CC1. The molecule has 1 saturated heterocycles. The van der Waals surface area contributed by atoms with Gasteiger partial charge in [0.1, 0.15) is 0 Å². The fraction of sp³-hybridized carbons (Fsp3) is 0.600. The van der Waals surface area contributed by atoms with E-state index in [0.717, 1.165) is 0 Å². The first kappa shape index (κ1) is 13.6. The normalized spacial score (nSPS) is 15.5. The molecule has 0 aliphatic carbocycles. The minimum Gasteiger partial charge on any atom is -0.450 e. The predicted octanol–water partition coefficient (Wildman–Crippen LogP) is 0.386. The number of hydrogen-bond donors (Lipinski definition) is 1. The van der Waals surface area contributed by atoms with Crippen molar-refractivity contribution < 1.29 is 9.53 Å². The van der Waals surface area contributed by atoms with Crippen molar-refractivity contribution in [1.82, 2.24) is 19.9 Å². The molecule has 2 N–H and O–H groups in total. The molecule has 1 aromatic heterocycles. The van der Waals surface area contributed by atoms with Gasteiger partial charge in [-0.3, -0.25) is 0 Å². The molecule has 104 valence electrons. The third-order valence-electron chi connectivity index (χ3n) is 2.70. The molecule has 9 heteroatoms. The highest BCUT2D eigenvalue weighted by atomic mass is 35.5. The van der Waals surface area contributed by atoms with Crippen LogP contribution >= 0.6 is 11.6 Å². The van der Waals surface area contributed by atoms with Crippen LogP contribution < -0.4 is 10.6 Å². The summed E-state index contributed by atoms with van der Waals surface area (Å²) in [4.78, 5) is 26.9. The zero-order valence-corrected chi connectivity index (χ0v) is 11.3. The molecule has 0 spiro atoms. The van der Waals surface area contributed by atoms with Crippen molar-refractivity contribution in [3.63, 3.8) is 0 Å². The number of nitrogens with two attached hydrogens (primary N) is 1. The van der Waals surface area contributed by atoms with Crippen LogP contribution in [0.25, 0.3) is 0 Å². The lowest BCUT2D eigenvalue weighted by molar-refractivity contribution is 0.105. The standard InChI is InChI=1S/C10H15ClN6O2/c1-2-19-10(18)17-5-3-16(4-6-17)9-14-7(11)13-8(12)15-9/h2-6H2,1H3,(H2,12,13,14,15). The summed E-state index contributed by atoms with van der Waals surface area (Å²) < 4.78 is 4.95. The lowest BCUT2D eigenvalue weighted by Gasteiger charge is -2.33. The predicted molar refractivity (Wildman–Crippen MR) is 70.1 cm³/mol. The smallest absolute Gasteiger partial charge is 0.409 e. The molecule has 2 heterocycles. The first-order chi connectivity index (χ1) is 9.10. The molecule has 1 amide bonds. The van der Waals surface area contributed by atoms with Crippen molar-refractivity contribution >= 4 is 29.6 Å². The van der Waals surface area contributed by atoms with E-state index < -0.39 is 0 Å². The zero-order chi connectivity index (χ0) is 13.8. The number of hydrogen-bond acceptors (Lipinski definition) is 7. The Kier molecular flexibility index (Phi) is 4.20. The lowest BCUT2D eigenvalue weighted by atomic mass is 10.3. The summed E-state index contributed by atoms with van der Waals surface area (Å²) >= 11 is 5.74. The van der Waals surface area contributed by atoms with Crippen LogP contribution in [-0.2, 0) is 4.74 Å². The fourth-order valence-corrected chi connectivity index (χ4v) is 1.96. The van der Waals surface area contributed by atoms with Crippen LogP contribution in [0.5, 0.6) is 0 Å². The van der Waals surface area contributed by atoms with Gasteiger partial charge in [0.05, 0.1) is 6.61 Å². The molecule has 1 aromatic rings. The van der Waals surface area contributed by atoms with Crippen molar-refractivity contribution in [3.05, 3.63) is 5.28 Å². The van der Waals surface area contributed by atoms with Gasteiger partial charge >= 0.3 is 6.09 Å². The van der Waals surface area contributed by atoms with Gasteiger partial charge in [-0.25, -0.2) is 4.79 Å². The van der Waals surface area contributed by atoms with Gasteiger partial charge in [0.2, 0.25) is 17.2 Å². The molecular weight excluding hydrogens is 272 g/mol.